The molecule has 1 N–H and O–H groups in total. The summed E-state index contributed by atoms with van der Waals surface area (Å²) in [5.41, 5.74) is 0.996. The Morgan fingerprint density at radius 1 is 1.09 bits per heavy atom. The van der Waals surface area contributed by atoms with Crippen LogP contribution in [0.1, 0.15) is 10.6 Å². The van der Waals surface area contributed by atoms with Gasteiger partial charge in [0.2, 0.25) is 0 Å². The van der Waals surface area contributed by atoms with E-state index in [-0.39, 0.29) is 11.6 Å². The molecule has 0 aliphatic heterocycles. The molecule has 1 aromatic heterocycles. The van der Waals surface area contributed by atoms with Crippen LogP contribution in [0, 0.1) is 5.82 Å². The fourth-order valence-corrected chi connectivity index (χ4v) is 2.28. The maximum atomic E-state index is 13.1. The molecule has 3 rings (SSSR count). The predicted octanol–water partition coefficient (Wildman–Crippen LogP) is 4.08. The van der Waals surface area contributed by atoms with E-state index in [1.165, 1.54) is 35.0 Å². The van der Waals surface area contributed by atoms with Crippen LogP contribution < -0.4 is 0 Å². The zero-order chi connectivity index (χ0) is 16.6. The third-order valence-corrected chi connectivity index (χ3v) is 3.79. The lowest BCUT2D eigenvalue weighted by Crippen LogP contribution is -2.02. The first-order valence-electron chi connectivity index (χ1n) is 6.37. The van der Waals surface area contributed by atoms with Gasteiger partial charge in [-0.15, -0.1) is 5.10 Å². The van der Waals surface area contributed by atoms with E-state index in [2.05, 4.69) is 10.1 Å². The number of hydrogen-bond donors (Lipinski definition) is 1. The van der Waals surface area contributed by atoms with Crippen molar-refractivity contribution in [3.8, 4) is 17.1 Å². The van der Waals surface area contributed by atoms with Gasteiger partial charge in [-0.2, -0.15) is 0 Å². The Balaban J connectivity index is 2.20. The molecule has 3 aromatic rings. The molecule has 116 valence electrons. The van der Waals surface area contributed by atoms with E-state index in [0.29, 0.717) is 21.3 Å². The van der Waals surface area contributed by atoms with Crippen LogP contribution in [0.4, 0.5) is 4.39 Å². The Labute approximate surface area is 139 Å². The van der Waals surface area contributed by atoms with E-state index in [4.69, 9.17) is 28.3 Å². The van der Waals surface area contributed by atoms with Crippen molar-refractivity contribution in [2.45, 2.75) is 0 Å². The quantitative estimate of drug-likeness (QED) is 0.771. The van der Waals surface area contributed by atoms with Gasteiger partial charge in [-0.1, -0.05) is 23.2 Å². The average molecular weight is 352 g/mol. The highest BCUT2D eigenvalue weighted by molar-refractivity contribution is 6.42. The molecular weight excluding hydrogens is 344 g/mol. The summed E-state index contributed by atoms with van der Waals surface area (Å²) in [6.07, 6.45) is 0. The molecular formula is C15H8Cl2FN3O2. The highest BCUT2D eigenvalue weighted by Gasteiger charge is 2.18. The zero-order valence-corrected chi connectivity index (χ0v) is 12.9. The van der Waals surface area contributed by atoms with Crippen LogP contribution in [-0.2, 0) is 0 Å². The molecule has 0 saturated heterocycles. The first-order valence-corrected chi connectivity index (χ1v) is 7.13. The minimum absolute atomic E-state index is 0.251. The molecule has 0 bridgehead atoms. The van der Waals surface area contributed by atoms with E-state index in [0.717, 1.165) is 0 Å². The maximum absolute atomic E-state index is 13.1. The summed E-state index contributed by atoms with van der Waals surface area (Å²) >= 11 is 11.9. The molecule has 8 heteroatoms. The third-order valence-electron chi connectivity index (χ3n) is 3.05. The zero-order valence-electron chi connectivity index (χ0n) is 11.4. The number of carboxylic acid groups (broad SMARTS) is 1. The molecule has 0 amide bonds. The number of rotatable bonds is 3. The van der Waals surface area contributed by atoms with Crippen molar-refractivity contribution < 1.29 is 14.3 Å². The van der Waals surface area contributed by atoms with Crippen molar-refractivity contribution in [2.75, 3.05) is 0 Å². The van der Waals surface area contributed by atoms with Gasteiger partial charge in [0.1, 0.15) is 5.82 Å². The van der Waals surface area contributed by atoms with Crippen LogP contribution in [-0.4, -0.2) is 25.8 Å². The van der Waals surface area contributed by atoms with Gasteiger partial charge in [-0.05, 0) is 42.5 Å². The third kappa shape index (κ3) is 3.04. The first kappa shape index (κ1) is 15.5. The fourth-order valence-electron chi connectivity index (χ4n) is 1.99. The van der Waals surface area contributed by atoms with Crippen molar-refractivity contribution in [3.63, 3.8) is 0 Å². The number of aromatic carboxylic acids is 1. The van der Waals surface area contributed by atoms with E-state index in [9.17, 15) is 9.18 Å². The second-order valence-corrected chi connectivity index (χ2v) is 5.40. The average Bonchev–Trinajstić information content (AvgIpc) is 2.96. The lowest BCUT2D eigenvalue weighted by molar-refractivity contribution is 0.0683. The number of hydrogen-bond acceptors (Lipinski definition) is 3. The van der Waals surface area contributed by atoms with E-state index < -0.39 is 11.8 Å². The van der Waals surface area contributed by atoms with E-state index >= 15 is 0 Å². The Morgan fingerprint density at radius 3 is 2.39 bits per heavy atom. The van der Waals surface area contributed by atoms with Gasteiger partial charge in [-0.25, -0.2) is 18.9 Å². The van der Waals surface area contributed by atoms with Crippen LogP contribution in [0.15, 0.2) is 42.5 Å². The molecule has 0 radical (unpaired) electrons. The van der Waals surface area contributed by atoms with Gasteiger partial charge in [0.15, 0.2) is 5.82 Å². The Morgan fingerprint density at radius 2 is 1.78 bits per heavy atom. The molecule has 0 saturated carbocycles. The summed E-state index contributed by atoms with van der Waals surface area (Å²) < 4.78 is 14.4. The molecule has 0 fully saturated rings. The summed E-state index contributed by atoms with van der Waals surface area (Å²) in [4.78, 5) is 15.2. The summed E-state index contributed by atoms with van der Waals surface area (Å²) in [5.74, 6) is -1.81. The van der Waals surface area contributed by atoms with Crippen LogP contribution in [0.2, 0.25) is 10.0 Å². The van der Waals surface area contributed by atoms with E-state index in [1.54, 1.807) is 12.1 Å². The number of halogens is 3. The molecule has 0 unspecified atom stereocenters. The monoisotopic (exact) mass is 351 g/mol. The Hall–Kier alpha value is -2.44. The van der Waals surface area contributed by atoms with Gasteiger partial charge in [-0.3, -0.25) is 0 Å². The van der Waals surface area contributed by atoms with Crippen LogP contribution in [0.3, 0.4) is 0 Å². The molecule has 23 heavy (non-hydrogen) atoms. The highest BCUT2D eigenvalue weighted by atomic mass is 35.5. The lowest BCUT2D eigenvalue weighted by Gasteiger charge is -2.07. The normalized spacial score (nSPS) is 10.7. The molecule has 1 heterocycles. The number of carboxylic acids is 1. The molecule has 5 nitrogen and oxygen atoms in total. The summed E-state index contributed by atoms with van der Waals surface area (Å²) in [6, 6.07) is 10.2. The van der Waals surface area contributed by atoms with Crippen molar-refractivity contribution in [1.29, 1.82) is 0 Å². The number of nitrogens with zero attached hydrogens (tertiary/aromatic N) is 3. The highest BCUT2D eigenvalue weighted by Crippen LogP contribution is 2.27. The predicted molar refractivity (Wildman–Crippen MR) is 83.7 cm³/mol. The van der Waals surface area contributed by atoms with Crippen LogP contribution in [0.5, 0.6) is 0 Å². The second-order valence-electron chi connectivity index (χ2n) is 4.58. The standard InChI is InChI=1S/C15H8Cl2FN3O2/c16-11-6-5-10(7-12(11)17)21-14(19-13(20-21)15(22)23)8-1-3-9(18)4-2-8/h1-7H,(H,22,23). The fraction of sp³-hybridized carbons (Fsp3) is 0. The topological polar surface area (TPSA) is 68.0 Å². The number of benzene rings is 2. The van der Waals surface area contributed by atoms with Gasteiger partial charge in [0.25, 0.3) is 5.82 Å². The molecule has 0 aliphatic carbocycles. The van der Waals surface area contributed by atoms with Crippen molar-refractivity contribution >= 4 is 29.2 Å². The van der Waals surface area contributed by atoms with Gasteiger partial charge in [0, 0.05) is 5.56 Å². The van der Waals surface area contributed by atoms with E-state index in [1.807, 2.05) is 0 Å². The van der Waals surface area contributed by atoms with Gasteiger partial charge < -0.3 is 5.11 Å². The smallest absolute Gasteiger partial charge is 0.375 e. The van der Waals surface area contributed by atoms with Crippen LogP contribution >= 0.6 is 23.2 Å². The molecule has 0 aliphatic rings. The molecule has 0 spiro atoms. The summed E-state index contributed by atoms with van der Waals surface area (Å²) in [5, 5.41) is 13.7. The SMILES string of the molecule is O=C(O)c1nc(-c2ccc(F)cc2)n(-c2ccc(Cl)c(Cl)c2)n1. The van der Waals surface area contributed by atoms with Gasteiger partial charge >= 0.3 is 5.97 Å². The van der Waals surface area contributed by atoms with Crippen molar-refractivity contribution in [2.24, 2.45) is 0 Å². The second kappa shape index (κ2) is 5.98. The van der Waals surface area contributed by atoms with Crippen LogP contribution in [0.25, 0.3) is 17.1 Å². The molecule has 0 atom stereocenters. The van der Waals surface area contributed by atoms with Crippen molar-refractivity contribution in [3.05, 3.63) is 64.2 Å². The van der Waals surface area contributed by atoms with Crippen molar-refractivity contribution in [1.82, 2.24) is 14.8 Å². The minimum atomic E-state index is -1.27. The maximum Gasteiger partial charge on any atom is 0.375 e. The number of carbonyl (C=O) groups is 1. The summed E-state index contributed by atoms with van der Waals surface area (Å²) in [7, 11) is 0. The minimum Gasteiger partial charge on any atom is -0.475 e. The Kier molecular flexibility index (Phi) is 4.02. The largest absolute Gasteiger partial charge is 0.475 e. The first-order chi connectivity index (χ1) is 11.0. The number of aromatic nitrogens is 3. The lowest BCUT2D eigenvalue weighted by atomic mass is 10.2. The molecule has 2 aromatic carbocycles. The summed E-state index contributed by atoms with van der Waals surface area (Å²) in [6.45, 7) is 0. The Bertz CT molecular complexity index is 894. The van der Waals surface area contributed by atoms with Gasteiger partial charge in [0.05, 0.1) is 15.7 Å².